The Hall–Kier alpha value is -2.32. The summed E-state index contributed by atoms with van der Waals surface area (Å²) in [5, 5.41) is 6.31. The van der Waals surface area contributed by atoms with E-state index in [9.17, 15) is 13.2 Å². The number of aromatic nitrogens is 4. The van der Waals surface area contributed by atoms with Crippen molar-refractivity contribution in [3.05, 3.63) is 24.0 Å². The van der Waals surface area contributed by atoms with E-state index in [1.54, 1.807) is 7.05 Å². The molecule has 0 aliphatic heterocycles. The van der Waals surface area contributed by atoms with E-state index in [0.29, 0.717) is 5.82 Å². The van der Waals surface area contributed by atoms with Crippen LogP contribution in [0.4, 0.5) is 24.9 Å². The summed E-state index contributed by atoms with van der Waals surface area (Å²) in [6.07, 6.45) is -2.89. The number of nitrogens with zero attached hydrogens (tertiary/aromatic N) is 4. The lowest BCUT2D eigenvalue weighted by Crippen LogP contribution is -2.06. The van der Waals surface area contributed by atoms with Crippen LogP contribution < -0.4 is 11.1 Å². The predicted molar refractivity (Wildman–Crippen MR) is 58.1 cm³/mol. The molecule has 0 saturated heterocycles. The molecule has 0 saturated carbocycles. The molecular weight excluding hydrogens is 249 g/mol. The van der Waals surface area contributed by atoms with Crippen molar-refractivity contribution in [3.63, 3.8) is 0 Å². The van der Waals surface area contributed by atoms with Crippen LogP contribution in [0.15, 0.2) is 18.5 Å². The molecule has 0 aromatic carbocycles. The summed E-state index contributed by atoms with van der Waals surface area (Å²) < 4.78 is 38.2. The Morgan fingerprint density at radius 3 is 2.61 bits per heavy atom. The Labute approximate surface area is 99.7 Å². The van der Waals surface area contributed by atoms with Gasteiger partial charge in [0.15, 0.2) is 5.82 Å². The Morgan fingerprint density at radius 1 is 1.33 bits per heavy atom. The third-order valence-electron chi connectivity index (χ3n) is 2.13. The summed E-state index contributed by atoms with van der Waals surface area (Å²) >= 11 is 0. The highest BCUT2D eigenvalue weighted by Gasteiger charge is 2.32. The minimum absolute atomic E-state index is 0.0547. The summed E-state index contributed by atoms with van der Waals surface area (Å²) in [6.45, 7) is 0. The van der Waals surface area contributed by atoms with Gasteiger partial charge in [0, 0.05) is 19.3 Å². The molecule has 0 amide bonds. The van der Waals surface area contributed by atoms with E-state index in [2.05, 4.69) is 20.4 Å². The topological polar surface area (TPSA) is 81.7 Å². The Morgan fingerprint density at radius 2 is 2.06 bits per heavy atom. The SMILES string of the molecule is CNc1cc(-n2cc(C(F)(F)F)cn2)nc(N)n1. The fraction of sp³-hybridized carbons (Fsp3) is 0.222. The molecule has 96 valence electrons. The van der Waals surface area contributed by atoms with Crippen LogP contribution in [0.5, 0.6) is 0 Å². The molecule has 2 aromatic heterocycles. The third-order valence-corrected chi connectivity index (χ3v) is 2.13. The van der Waals surface area contributed by atoms with Gasteiger partial charge in [-0.25, -0.2) is 4.68 Å². The molecule has 3 N–H and O–H groups in total. The average Bonchev–Trinajstić information content (AvgIpc) is 2.77. The van der Waals surface area contributed by atoms with E-state index >= 15 is 0 Å². The van der Waals surface area contributed by atoms with Gasteiger partial charge in [-0.2, -0.15) is 28.2 Å². The van der Waals surface area contributed by atoms with Crippen LogP contribution in [0.25, 0.3) is 5.82 Å². The van der Waals surface area contributed by atoms with Gasteiger partial charge in [-0.15, -0.1) is 0 Å². The fourth-order valence-corrected chi connectivity index (χ4v) is 1.29. The van der Waals surface area contributed by atoms with Crippen molar-refractivity contribution in [2.75, 3.05) is 18.1 Å². The Kier molecular flexibility index (Phi) is 2.81. The predicted octanol–water partition coefficient (Wildman–Crippen LogP) is 1.30. The first-order chi connectivity index (χ1) is 8.40. The molecule has 0 atom stereocenters. The molecule has 0 spiro atoms. The second kappa shape index (κ2) is 4.17. The molecule has 0 radical (unpaired) electrons. The monoisotopic (exact) mass is 258 g/mol. The first-order valence-corrected chi connectivity index (χ1v) is 4.84. The van der Waals surface area contributed by atoms with Gasteiger partial charge in [-0.3, -0.25) is 0 Å². The van der Waals surface area contributed by atoms with E-state index in [-0.39, 0.29) is 11.8 Å². The molecule has 0 unspecified atom stereocenters. The lowest BCUT2D eigenvalue weighted by atomic mass is 10.3. The molecule has 0 aliphatic rings. The smallest absolute Gasteiger partial charge is 0.373 e. The first-order valence-electron chi connectivity index (χ1n) is 4.84. The maximum Gasteiger partial charge on any atom is 0.419 e. The molecule has 0 fully saturated rings. The van der Waals surface area contributed by atoms with Crippen molar-refractivity contribution in [2.45, 2.75) is 6.18 Å². The number of nitrogens with two attached hydrogens (primary N) is 1. The highest BCUT2D eigenvalue weighted by molar-refractivity contribution is 5.45. The highest BCUT2D eigenvalue weighted by atomic mass is 19.4. The molecule has 0 bridgehead atoms. The zero-order chi connectivity index (χ0) is 13.3. The molecule has 6 nitrogen and oxygen atoms in total. The van der Waals surface area contributed by atoms with Crippen LogP contribution in [-0.4, -0.2) is 26.8 Å². The van der Waals surface area contributed by atoms with E-state index in [1.807, 2.05) is 0 Å². The van der Waals surface area contributed by atoms with Crippen LogP contribution in [-0.2, 0) is 6.18 Å². The van der Waals surface area contributed by atoms with Crippen LogP contribution >= 0.6 is 0 Å². The summed E-state index contributed by atoms with van der Waals surface area (Å²) in [4.78, 5) is 7.63. The zero-order valence-electron chi connectivity index (χ0n) is 9.23. The van der Waals surface area contributed by atoms with Crippen molar-refractivity contribution in [3.8, 4) is 5.82 Å². The fourth-order valence-electron chi connectivity index (χ4n) is 1.29. The standard InChI is InChI=1S/C9H9F3N6/c1-14-6-2-7(17-8(13)16-6)18-4-5(3-15-18)9(10,11)12/h2-4H,1H3,(H3,13,14,16,17). The van der Waals surface area contributed by atoms with Crippen LogP contribution in [0.2, 0.25) is 0 Å². The minimum atomic E-state index is -4.44. The van der Waals surface area contributed by atoms with Crippen molar-refractivity contribution in [1.82, 2.24) is 19.7 Å². The van der Waals surface area contributed by atoms with Gasteiger partial charge in [-0.05, 0) is 0 Å². The van der Waals surface area contributed by atoms with Crippen molar-refractivity contribution in [1.29, 1.82) is 0 Å². The Balaban J connectivity index is 2.43. The molecule has 2 heterocycles. The van der Waals surface area contributed by atoms with Crippen molar-refractivity contribution >= 4 is 11.8 Å². The van der Waals surface area contributed by atoms with E-state index in [0.717, 1.165) is 17.1 Å². The second-order valence-electron chi connectivity index (χ2n) is 3.39. The van der Waals surface area contributed by atoms with Gasteiger partial charge in [0.2, 0.25) is 5.95 Å². The summed E-state index contributed by atoms with van der Waals surface area (Å²) in [7, 11) is 1.61. The number of hydrogen-bond acceptors (Lipinski definition) is 5. The van der Waals surface area contributed by atoms with Gasteiger partial charge in [0.25, 0.3) is 0 Å². The van der Waals surface area contributed by atoms with Crippen molar-refractivity contribution in [2.24, 2.45) is 0 Å². The van der Waals surface area contributed by atoms with Crippen LogP contribution in [0, 0.1) is 0 Å². The molecule has 9 heteroatoms. The third kappa shape index (κ3) is 2.34. The summed E-state index contributed by atoms with van der Waals surface area (Å²) in [6, 6.07) is 1.43. The normalized spacial score (nSPS) is 11.6. The van der Waals surface area contributed by atoms with Crippen LogP contribution in [0.1, 0.15) is 5.56 Å². The maximum atomic E-state index is 12.4. The quantitative estimate of drug-likeness (QED) is 0.848. The van der Waals surface area contributed by atoms with Crippen molar-refractivity contribution < 1.29 is 13.2 Å². The number of rotatable bonds is 2. The Bertz CT molecular complexity index is 562. The minimum Gasteiger partial charge on any atom is -0.373 e. The lowest BCUT2D eigenvalue weighted by molar-refractivity contribution is -0.137. The second-order valence-corrected chi connectivity index (χ2v) is 3.39. The molecular formula is C9H9F3N6. The van der Waals surface area contributed by atoms with Gasteiger partial charge in [-0.1, -0.05) is 0 Å². The van der Waals surface area contributed by atoms with Crippen LogP contribution in [0.3, 0.4) is 0 Å². The summed E-state index contributed by atoms with van der Waals surface area (Å²) in [5.74, 6) is 0.491. The zero-order valence-corrected chi connectivity index (χ0v) is 9.23. The molecule has 18 heavy (non-hydrogen) atoms. The largest absolute Gasteiger partial charge is 0.419 e. The summed E-state index contributed by atoms with van der Waals surface area (Å²) in [5.41, 5.74) is 4.58. The van der Waals surface area contributed by atoms with Gasteiger partial charge in [0.05, 0.1) is 11.8 Å². The van der Waals surface area contributed by atoms with E-state index in [1.165, 1.54) is 6.07 Å². The number of anilines is 2. The molecule has 2 rings (SSSR count). The number of halogens is 3. The molecule has 0 aliphatic carbocycles. The lowest BCUT2D eigenvalue weighted by Gasteiger charge is -2.05. The first kappa shape index (κ1) is 12.1. The number of alkyl halides is 3. The molecule has 2 aromatic rings. The highest BCUT2D eigenvalue weighted by Crippen LogP contribution is 2.29. The van der Waals surface area contributed by atoms with Gasteiger partial charge in [0.1, 0.15) is 5.82 Å². The van der Waals surface area contributed by atoms with E-state index in [4.69, 9.17) is 5.73 Å². The average molecular weight is 258 g/mol. The number of nitrogens with one attached hydrogen (secondary N) is 1. The van der Waals surface area contributed by atoms with E-state index < -0.39 is 11.7 Å². The number of hydrogen-bond donors (Lipinski definition) is 2. The van der Waals surface area contributed by atoms with Gasteiger partial charge < -0.3 is 11.1 Å². The maximum absolute atomic E-state index is 12.4. The number of nitrogen functional groups attached to an aromatic ring is 1. The van der Waals surface area contributed by atoms with Gasteiger partial charge >= 0.3 is 6.18 Å².